The van der Waals surface area contributed by atoms with Crippen LogP contribution in [-0.4, -0.2) is 9.97 Å². The van der Waals surface area contributed by atoms with Gasteiger partial charge in [0.1, 0.15) is 10.7 Å². The number of nitrogens with zero attached hydrogens (tertiary/aromatic N) is 2. The summed E-state index contributed by atoms with van der Waals surface area (Å²) in [5.41, 5.74) is 3.24. The maximum atomic E-state index is 4.40. The normalized spacial score (nSPS) is 10.3. The van der Waals surface area contributed by atoms with Crippen molar-refractivity contribution in [1.29, 1.82) is 0 Å². The molecule has 0 bridgehead atoms. The van der Waals surface area contributed by atoms with Crippen molar-refractivity contribution < 1.29 is 0 Å². The van der Waals surface area contributed by atoms with Gasteiger partial charge in [-0.1, -0.05) is 6.07 Å². The first-order valence-electron chi connectivity index (χ1n) is 4.11. The molecule has 0 unspecified atom stereocenters. The van der Waals surface area contributed by atoms with E-state index in [0.29, 0.717) is 0 Å². The second kappa shape index (κ2) is 3.26. The van der Waals surface area contributed by atoms with Gasteiger partial charge < -0.3 is 0 Å². The van der Waals surface area contributed by atoms with Gasteiger partial charge in [-0.2, -0.15) is 0 Å². The topological polar surface area (TPSA) is 25.8 Å². The molecule has 2 rings (SSSR count). The third-order valence-corrected chi connectivity index (χ3v) is 2.80. The van der Waals surface area contributed by atoms with Crippen molar-refractivity contribution >= 4 is 11.3 Å². The van der Waals surface area contributed by atoms with Crippen LogP contribution in [0, 0.1) is 13.8 Å². The molecule has 0 aliphatic carbocycles. The third-order valence-electron chi connectivity index (χ3n) is 1.83. The first kappa shape index (κ1) is 8.38. The zero-order valence-electron chi connectivity index (χ0n) is 7.61. The average molecular weight is 190 g/mol. The largest absolute Gasteiger partial charge is 0.253 e. The Hall–Kier alpha value is -1.22. The Morgan fingerprint density at radius 3 is 2.77 bits per heavy atom. The summed E-state index contributed by atoms with van der Waals surface area (Å²) in [5, 5.41) is 3.05. The molecular weight excluding hydrogens is 180 g/mol. The lowest BCUT2D eigenvalue weighted by Crippen LogP contribution is -1.85. The van der Waals surface area contributed by atoms with E-state index in [-0.39, 0.29) is 0 Å². The molecule has 0 saturated carbocycles. The predicted octanol–water partition coefficient (Wildman–Crippen LogP) is 2.82. The molecular formula is C10H10N2S. The fourth-order valence-electron chi connectivity index (χ4n) is 1.17. The molecule has 0 radical (unpaired) electrons. The Morgan fingerprint density at radius 1 is 1.31 bits per heavy atom. The van der Waals surface area contributed by atoms with Gasteiger partial charge in [0.2, 0.25) is 0 Å². The van der Waals surface area contributed by atoms with E-state index in [9.17, 15) is 0 Å². The summed E-state index contributed by atoms with van der Waals surface area (Å²) in [7, 11) is 0. The average Bonchev–Trinajstić information content (AvgIpc) is 2.53. The molecule has 0 N–H and O–H groups in total. The summed E-state index contributed by atoms with van der Waals surface area (Å²) in [6.45, 7) is 4.05. The molecule has 13 heavy (non-hydrogen) atoms. The molecule has 2 heterocycles. The van der Waals surface area contributed by atoms with Crippen LogP contribution in [0.4, 0.5) is 0 Å². The molecule has 0 amide bonds. The fourth-order valence-corrected chi connectivity index (χ4v) is 2.03. The van der Waals surface area contributed by atoms with Crippen molar-refractivity contribution in [3.05, 3.63) is 35.0 Å². The predicted molar refractivity (Wildman–Crippen MR) is 54.8 cm³/mol. The third kappa shape index (κ3) is 1.60. The number of aryl methyl sites for hydroxylation is 2. The van der Waals surface area contributed by atoms with Gasteiger partial charge in [-0.15, -0.1) is 11.3 Å². The van der Waals surface area contributed by atoms with Gasteiger partial charge >= 0.3 is 0 Å². The molecule has 0 aromatic carbocycles. The highest BCUT2D eigenvalue weighted by molar-refractivity contribution is 7.13. The minimum absolute atomic E-state index is 1.00. The van der Waals surface area contributed by atoms with E-state index in [1.54, 1.807) is 17.5 Å². The number of thiazole rings is 1. The number of rotatable bonds is 1. The minimum atomic E-state index is 1.00. The van der Waals surface area contributed by atoms with Gasteiger partial charge in [-0.05, 0) is 25.5 Å². The van der Waals surface area contributed by atoms with Crippen molar-refractivity contribution in [2.24, 2.45) is 0 Å². The van der Waals surface area contributed by atoms with Crippen LogP contribution in [-0.2, 0) is 0 Å². The van der Waals surface area contributed by atoms with Gasteiger partial charge in [-0.3, -0.25) is 4.98 Å². The molecule has 0 atom stereocenters. The van der Waals surface area contributed by atoms with E-state index < -0.39 is 0 Å². The van der Waals surface area contributed by atoms with Crippen LogP contribution in [0.15, 0.2) is 23.7 Å². The van der Waals surface area contributed by atoms with Crippen molar-refractivity contribution in [3.63, 3.8) is 0 Å². The maximum absolute atomic E-state index is 4.40. The van der Waals surface area contributed by atoms with E-state index in [1.165, 1.54) is 5.56 Å². The van der Waals surface area contributed by atoms with Crippen LogP contribution < -0.4 is 0 Å². The van der Waals surface area contributed by atoms with Gasteiger partial charge in [0, 0.05) is 17.3 Å². The summed E-state index contributed by atoms with van der Waals surface area (Å²) < 4.78 is 0. The molecule has 0 aliphatic rings. The van der Waals surface area contributed by atoms with Crippen molar-refractivity contribution in [2.45, 2.75) is 13.8 Å². The monoisotopic (exact) mass is 190 g/mol. The molecule has 0 spiro atoms. The smallest absolute Gasteiger partial charge is 0.142 e. The molecule has 2 aromatic rings. The molecule has 2 aromatic heterocycles. The number of pyridine rings is 1. The Morgan fingerprint density at radius 2 is 2.15 bits per heavy atom. The first-order valence-corrected chi connectivity index (χ1v) is 4.99. The SMILES string of the molecule is Cc1csc(-c2ncccc2C)n1. The minimum Gasteiger partial charge on any atom is -0.253 e. The lowest BCUT2D eigenvalue weighted by Gasteiger charge is -1.98. The van der Waals surface area contributed by atoms with Gasteiger partial charge in [0.25, 0.3) is 0 Å². The van der Waals surface area contributed by atoms with Crippen LogP contribution in [0.2, 0.25) is 0 Å². The van der Waals surface area contributed by atoms with E-state index in [4.69, 9.17) is 0 Å². The number of hydrogen-bond donors (Lipinski definition) is 0. The van der Waals surface area contributed by atoms with Gasteiger partial charge in [-0.25, -0.2) is 4.98 Å². The van der Waals surface area contributed by atoms with Crippen LogP contribution in [0.25, 0.3) is 10.7 Å². The second-order valence-corrected chi connectivity index (χ2v) is 3.82. The number of hydrogen-bond acceptors (Lipinski definition) is 3. The molecule has 0 fully saturated rings. The standard InChI is InChI=1S/C10H10N2S/c1-7-4-3-5-11-9(7)10-12-8(2)6-13-10/h3-6H,1-2H3. The summed E-state index contributed by atoms with van der Waals surface area (Å²) in [4.78, 5) is 8.71. The van der Waals surface area contributed by atoms with Crippen LogP contribution >= 0.6 is 11.3 Å². The van der Waals surface area contributed by atoms with Gasteiger partial charge in [0.15, 0.2) is 0 Å². The summed E-state index contributed by atoms with van der Waals surface area (Å²) >= 11 is 1.64. The van der Waals surface area contributed by atoms with Crippen LogP contribution in [0.5, 0.6) is 0 Å². The van der Waals surface area contributed by atoms with E-state index in [2.05, 4.69) is 23.0 Å². The highest BCUT2D eigenvalue weighted by Crippen LogP contribution is 2.23. The highest BCUT2D eigenvalue weighted by atomic mass is 32.1. The lowest BCUT2D eigenvalue weighted by molar-refractivity contribution is 1.21. The lowest BCUT2D eigenvalue weighted by atomic mass is 10.2. The molecule has 66 valence electrons. The Bertz CT molecular complexity index is 420. The quantitative estimate of drug-likeness (QED) is 0.691. The summed E-state index contributed by atoms with van der Waals surface area (Å²) in [6.07, 6.45) is 1.80. The highest BCUT2D eigenvalue weighted by Gasteiger charge is 2.05. The summed E-state index contributed by atoms with van der Waals surface area (Å²) in [5.74, 6) is 0. The summed E-state index contributed by atoms with van der Waals surface area (Å²) in [6, 6.07) is 4.00. The van der Waals surface area contributed by atoms with Gasteiger partial charge in [0.05, 0.1) is 0 Å². The number of aromatic nitrogens is 2. The van der Waals surface area contributed by atoms with E-state index in [0.717, 1.165) is 16.4 Å². The van der Waals surface area contributed by atoms with E-state index in [1.807, 2.05) is 18.4 Å². The zero-order chi connectivity index (χ0) is 9.26. The zero-order valence-corrected chi connectivity index (χ0v) is 8.43. The van der Waals surface area contributed by atoms with E-state index >= 15 is 0 Å². The maximum Gasteiger partial charge on any atom is 0.142 e. The second-order valence-electron chi connectivity index (χ2n) is 2.96. The molecule has 3 heteroatoms. The van der Waals surface area contributed by atoms with Crippen molar-refractivity contribution in [3.8, 4) is 10.7 Å². The Labute approximate surface area is 81.3 Å². The van der Waals surface area contributed by atoms with Crippen molar-refractivity contribution in [1.82, 2.24) is 9.97 Å². The Balaban J connectivity index is 2.52. The molecule has 0 aliphatic heterocycles. The molecule has 2 nitrogen and oxygen atoms in total. The Kier molecular flexibility index (Phi) is 2.10. The fraction of sp³-hybridized carbons (Fsp3) is 0.200. The van der Waals surface area contributed by atoms with Crippen LogP contribution in [0.1, 0.15) is 11.3 Å². The first-order chi connectivity index (χ1) is 6.27. The molecule has 0 saturated heterocycles. The van der Waals surface area contributed by atoms with Crippen LogP contribution in [0.3, 0.4) is 0 Å². The van der Waals surface area contributed by atoms with Crippen molar-refractivity contribution in [2.75, 3.05) is 0 Å².